The topological polar surface area (TPSA) is 75.6 Å². The normalized spacial score (nSPS) is 24.8. The molecule has 1 rings (SSSR count). The molecule has 1 heterocycles. The minimum absolute atomic E-state index is 0.378. The van der Waals surface area contributed by atoms with Crippen molar-refractivity contribution < 1.29 is 19.4 Å². The van der Waals surface area contributed by atoms with Gasteiger partial charge in [0, 0.05) is 6.61 Å². The summed E-state index contributed by atoms with van der Waals surface area (Å²) < 4.78 is 5.25. The van der Waals surface area contributed by atoms with Gasteiger partial charge in [0.1, 0.15) is 0 Å². The van der Waals surface area contributed by atoms with Gasteiger partial charge in [-0.05, 0) is 19.3 Å². The molecule has 5 nitrogen and oxygen atoms in total. The molecule has 13 heavy (non-hydrogen) atoms. The number of aliphatic carboxylic acids is 1. The lowest BCUT2D eigenvalue weighted by molar-refractivity contribution is -0.146. The molecule has 1 aliphatic heterocycles. The molecule has 2 unspecified atom stereocenters. The van der Waals surface area contributed by atoms with E-state index >= 15 is 0 Å². The molecule has 74 valence electrons. The highest BCUT2D eigenvalue weighted by Crippen LogP contribution is 2.15. The van der Waals surface area contributed by atoms with E-state index in [4.69, 9.17) is 9.84 Å². The highest BCUT2D eigenvalue weighted by Gasteiger charge is 2.29. The first-order valence-corrected chi connectivity index (χ1v) is 4.30. The van der Waals surface area contributed by atoms with Crippen LogP contribution in [0.25, 0.3) is 0 Å². The van der Waals surface area contributed by atoms with Crippen molar-refractivity contribution in [2.75, 3.05) is 6.61 Å². The van der Waals surface area contributed by atoms with E-state index < -0.39 is 12.0 Å². The van der Waals surface area contributed by atoms with Crippen molar-refractivity contribution in [3.8, 4) is 0 Å². The number of hydrogen-bond acceptors (Lipinski definition) is 3. The summed E-state index contributed by atoms with van der Waals surface area (Å²) in [5.41, 5.74) is 0. The van der Waals surface area contributed by atoms with Crippen molar-refractivity contribution in [2.45, 2.75) is 31.4 Å². The third-order valence-electron chi connectivity index (χ3n) is 2.10. The smallest absolute Gasteiger partial charge is 0.328 e. The van der Waals surface area contributed by atoms with E-state index in [1.807, 2.05) is 0 Å². The minimum Gasteiger partial charge on any atom is -0.480 e. The van der Waals surface area contributed by atoms with Crippen LogP contribution in [0.4, 0.5) is 0 Å². The van der Waals surface area contributed by atoms with Gasteiger partial charge in [-0.25, -0.2) is 4.79 Å². The minimum atomic E-state index is -1.04. The molecule has 0 aromatic carbocycles. The molecule has 2 N–H and O–H groups in total. The molecule has 1 aliphatic rings. The molecular formula is C8H13NO4. The number of ether oxygens (including phenoxy) is 1. The maximum absolute atomic E-state index is 10.7. The van der Waals surface area contributed by atoms with E-state index in [-0.39, 0.29) is 6.10 Å². The number of carbonyl (C=O) groups is 2. The number of carboxylic acids is 1. The van der Waals surface area contributed by atoms with Crippen molar-refractivity contribution in [2.24, 2.45) is 0 Å². The average Bonchev–Trinajstić information content (AvgIpc) is 2.15. The van der Waals surface area contributed by atoms with Crippen LogP contribution < -0.4 is 5.32 Å². The molecule has 0 spiro atoms. The number of carboxylic acid groups (broad SMARTS) is 1. The summed E-state index contributed by atoms with van der Waals surface area (Å²) in [6, 6.07) is -0.905. The second kappa shape index (κ2) is 4.81. The van der Waals surface area contributed by atoms with Gasteiger partial charge in [0.2, 0.25) is 6.41 Å². The van der Waals surface area contributed by atoms with Gasteiger partial charge in [-0.3, -0.25) is 4.79 Å². The van der Waals surface area contributed by atoms with Gasteiger partial charge in [0.15, 0.2) is 6.04 Å². The Morgan fingerprint density at radius 3 is 2.85 bits per heavy atom. The molecule has 1 fully saturated rings. The predicted octanol–water partition coefficient (Wildman–Crippen LogP) is -0.245. The van der Waals surface area contributed by atoms with Gasteiger partial charge in [-0.2, -0.15) is 0 Å². The van der Waals surface area contributed by atoms with Crippen molar-refractivity contribution in [1.82, 2.24) is 5.32 Å². The molecule has 1 amide bonds. The Labute approximate surface area is 76.1 Å². The van der Waals surface area contributed by atoms with Crippen LogP contribution in [0.1, 0.15) is 19.3 Å². The monoisotopic (exact) mass is 187 g/mol. The molecule has 5 heteroatoms. The van der Waals surface area contributed by atoms with Crippen molar-refractivity contribution in [3.63, 3.8) is 0 Å². The zero-order chi connectivity index (χ0) is 9.68. The van der Waals surface area contributed by atoms with Gasteiger partial charge in [-0.1, -0.05) is 0 Å². The number of nitrogens with one attached hydrogen (secondary N) is 1. The second-order valence-corrected chi connectivity index (χ2v) is 3.01. The van der Waals surface area contributed by atoms with Crippen LogP contribution >= 0.6 is 0 Å². The summed E-state index contributed by atoms with van der Waals surface area (Å²) in [7, 11) is 0. The fraction of sp³-hybridized carbons (Fsp3) is 0.750. The lowest BCUT2D eigenvalue weighted by Crippen LogP contribution is -2.47. The van der Waals surface area contributed by atoms with Crippen LogP contribution in [0.15, 0.2) is 0 Å². The molecule has 0 aliphatic carbocycles. The summed E-state index contributed by atoms with van der Waals surface area (Å²) in [5, 5.41) is 11.0. The average molecular weight is 187 g/mol. The summed E-state index contributed by atoms with van der Waals surface area (Å²) >= 11 is 0. The molecule has 0 saturated carbocycles. The van der Waals surface area contributed by atoms with E-state index in [1.54, 1.807) is 0 Å². The first-order valence-electron chi connectivity index (χ1n) is 4.30. The number of carbonyl (C=O) groups excluding carboxylic acids is 1. The van der Waals surface area contributed by atoms with Gasteiger partial charge >= 0.3 is 5.97 Å². The molecule has 0 bridgehead atoms. The van der Waals surface area contributed by atoms with Crippen LogP contribution in [0.2, 0.25) is 0 Å². The standard InChI is InChI=1S/C8H13NO4/c10-5-9-7(8(11)12)6-3-1-2-4-13-6/h5-7H,1-4H2,(H,9,10)(H,11,12). The van der Waals surface area contributed by atoms with Gasteiger partial charge in [-0.15, -0.1) is 0 Å². The Morgan fingerprint density at radius 2 is 2.38 bits per heavy atom. The molecular weight excluding hydrogens is 174 g/mol. The van der Waals surface area contributed by atoms with E-state index in [0.717, 1.165) is 12.8 Å². The summed E-state index contributed by atoms with van der Waals surface area (Å²) in [5.74, 6) is -1.04. The maximum atomic E-state index is 10.7. The summed E-state index contributed by atoms with van der Waals surface area (Å²) in [6.07, 6.45) is 2.63. The highest BCUT2D eigenvalue weighted by atomic mass is 16.5. The maximum Gasteiger partial charge on any atom is 0.328 e. The first kappa shape index (κ1) is 9.98. The molecule has 1 saturated heterocycles. The van der Waals surface area contributed by atoms with Gasteiger partial charge in [0.05, 0.1) is 6.10 Å². The Kier molecular flexibility index (Phi) is 3.70. The Hall–Kier alpha value is -1.10. The van der Waals surface area contributed by atoms with E-state index in [9.17, 15) is 9.59 Å². The summed E-state index contributed by atoms with van der Waals surface area (Å²) in [4.78, 5) is 20.8. The van der Waals surface area contributed by atoms with Crippen LogP contribution in [0, 0.1) is 0 Å². The SMILES string of the molecule is O=CNC(C(=O)O)C1CCCCO1. The third-order valence-corrected chi connectivity index (χ3v) is 2.10. The Bertz CT molecular complexity index is 189. The molecule has 2 atom stereocenters. The number of amides is 1. The molecule has 0 aromatic heterocycles. The number of rotatable bonds is 4. The Morgan fingerprint density at radius 1 is 1.62 bits per heavy atom. The fourth-order valence-corrected chi connectivity index (χ4v) is 1.44. The van der Waals surface area contributed by atoms with Crippen molar-refractivity contribution in [1.29, 1.82) is 0 Å². The highest BCUT2D eigenvalue weighted by molar-refractivity contribution is 5.76. The van der Waals surface area contributed by atoms with Gasteiger partial charge < -0.3 is 15.2 Å². The lowest BCUT2D eigenvalue weighted by Gasteiger charge is -2.27. The van der Waals surface area contributed by atoms with E-state index in [2.05, 4.69) is 5.32 Å². The third kappa shape index (κ3) is 2.69. The lowest BCUT2D eigenvalue weighted by atomic mass is 10.0. The largest absolute Gasteiger partial charge is 0.480 e. The van der Waals surface area contributed by atoms with Crippen LogP contribution in [-0.2, 0) is 14.3 Å². The second-order valence-electron chi connectivity index (χ2n) is 3.01. The summed E-state index contributed by atoms with van der Waals surface area (Å²) in [6.45, 7) is 0.578. The van der Waals surface area contributed by atoms with Gasteiger partial charge in [0.25, 0.3) is 0 Å². The van der Waals surface area contributed by atoms with Crippen LogP contribution in [0.5, 0.6) is 0 Å². The van der Waals surface area contributed by atoms with E-state index in [1.165, 1.54) is 0 Å². The van der Waals surface area contributed by atoms with Crippen LogP contribution in [0.3, 0.4) is 0 Å². The zero-order valence-electron chi connectivity index (χ0n) is 7.23. The zero-order valence-corrected chi connectivity index (χ0v) is 7.23. The van der Waals surface area contributed by atoms with Crippen molar-refractivity contribution >= 4 is 12.4 Å². The fourth-order valence-electron chi connectivity index (χ4n) is 1.44. The van der Waals surface area contributed by atoms with Crippen LogP contribution in [-0.4, -0.2) is 36.2 Å². The number of hydrogen-bond donors (Lipinski definition) is 2. The van der Waals surface area contributed by atoms with Crippen molar-refractivity contribution in [3.05, 3.63) is 0 Å². The molecule has 0 aromatic rings. The Balaban J connectivity index is 2.51. The quantitative estimate of drug-likeness (QED) is 0.595. The molecule has 0 radical (unpaired) electrons. The van der Waals surface area contributed by atoms with E-state index in [0.29, 0.717) is 19.4 Å². The predicted molar refractivity (Wildman–Crippen MR) is 44.2 cm³/mol. The first-order chi connectivity index (χ1) is 6.25.